The van der Waals surface area contributed by atoms with Gasteiger partial charge in [0.05, 0.1) is 0 Å². The molecule has 0 saturated carbocycles. The summed E-state index contributed by atoms with van der Waals surface area (Å²) in [6.45, 7) is 3.70. The van der Waals surface area contributed by atoms with Crippen molar-refractivity contribution in [2.24, 2.45) is 5.73 Å². The summed E-state index contributed by atoms with van der Waals surface area (Å²) in [5.41, 5.74) is 9.59. The maximum absolute atomic E-state index is 10.8. The summed E-state index contributed by atoms with van der Waals surface area (Å²) in [5.74, 6) is 0. The van der Waals surface area contributed by atoms with E-state index in [2.05, 4.69) is 28.4 Å². The second-order valence-corrected chi connectivity index (χ2v) is 2.68. The zero-order chi connectivity index (χ0) is 8.85. The molecule has 0 fully saturated rings. The number of nitrogens with two attached hydrogens (primary N) is 1. The van der Waals surface area contributed by atoms with Gasteiger partial charge >= 0.3 is 6.03 Å². The lowest BCUT2D eigenvalue weighted by molar-refractivity contribution is 0.237. The highest BCUT2D eigenvalue weighted by atomic mass is 32.1. The van der Waals surface area contributed by atoms with Crippen molar-refractivity contribution < 1.29 is 4.79 Å². The van der Waals surface area contributed by atoms with Gasteiger partial charge in [-0.3, -0.25) is 5.43 Å². The van der Waals surface area contributed by atoms with Crippen molar-refractivity contribution >= 4 is 23.4 Å². The molecule has 0 aliphatic rings. The Balaban J connectivity index is 3.45. The highest BCUT2D eigenvalue weighted by molar-refractivity contribution is 7.80. The number of hydrogen-bond donors (Lipinski definition) is 4. The van der Waals surface area contributed by atoms with Crippen molar-refractivity contribution in [1.29, 1.82) is 0 Å². The van der Waals surface area contributed by atoms with Crippen LogP contribution in [0, 0.1) is 0 Å². The fourth-order valence-corrected chi connectivity index (χ4v) is 0.468. The van der Waals surface area contributed by atoms with E-state index >= 15 is 0 Å². The minimum Gasteiger partial charge on any atom is -0.375 e. The van der Waals surface area contributed by atoms with Crippen LogP contribution < -0.4 is 21.9 Å². The molecule has 11 heavy (non-hydrogen) atoms. The van der Waals surface area contributed by atoms with E-state index in [4.69, 9.17) is 5.73 Å². The fraction of sp³-hybridized carbons (Fsp3) is 0.600. The van der Waals surface area contributed by atoms with Crippen LogP contribution in [-0.2, 0) is 0 Å². The van der Waals surface area contributed by atoms with E-state index in [1.54, 1.807) is 0 Å². The summed E-state index contributed by atoms with van der Waals surface area (Å²) >= 11 is 4.45. The van der Waals surface area contributed by atoms with Crippen molar-refractivity contribution in [3.63, 3.8) is 0 Å². The van der Waals surface area contributed by atoms with Gasteiger partial charge in [-0.15, -0.1) is 0 Å². The average molecular weight is 176 g/mol. The SMILES string of the molecule is CC(C)NC(=O)NNC(N)=S. The van der Waals surface area contributed by atoms with Crippen LogP contribution in [0.5, 0.6) is 0 Å². The predicted molar refractivity (Wildman–Crippen MR) is 46.7 cm³/mol. The molecular weight excluding hydrogens is 164 g/mol. The monoisotopic (exact) mass is 176 g/mol. The van der Waals surface area contributed by atoms with Crippen molar-refractivity contribution in [2.75, 3.05) is 0 Å². The molecule has 0 heterocycles. The highest BCUT2D eigenvalue weighted by Gasteiger charge is 1.99. The fourth-order valence-electron chi connectivity index (χ4n) is 0.417. The molecule has 0 aromatic rings. The first-order chi connectivity index (χ1) is 5.02. The summed E-state index contributed by atoms with van der Waals surface area (Å²) in [4.78, 5) is 10.8. The topological polar surface area (TPSA) is 79.2 Å². The molecule has 0 radical (unpaired) electrons. The first-order valence-electron chi connectivity index (χ1n) is 3.14. The van der Waals surface area contributed by atoms with E-state index in [0.717, 1.165) is 0 Å². The molecule has 2 amide bonds. The van der Waals surface area contributed by atoms with Gasteiger partial charge in [0.25, 0.3) is 0 Å². The number of carbonyl (C=O) groups is 1. The van der Waals surface area contributed by atoms with Crippen molar-refractivity contribution in [3.05, 3.63) is 0 Å². The number of hydrogen-bond acceptors (Lipinski definition) is 2. The predicted octanol–water partition coefficient (Wildman–Crippen LogP) is -0.558. The zero-order valence-corrected chi connectivity index (χ0v) is 7.29. The van der Waals surface area contributed by atoms with Crippen LogP contribution in [0.4, 0.5) is 4.79 Å². The third-order valence-corrected chi connectivity index (χ3v) is 0.821. The molecule has 6 heteroatoms. The molecule has 0 saturated heterocycles. The van der Waals surface area contributed by atoms with Crippen molar-refractivity contribution in [2.45, 2.75) is 19.9 Å². The molecular formula is C5H12N4OS. The molecule has 64 valence electrons. The van der Waals surface area contributed by atoms with Crippen LogP contribution in [0.2, 0.25) is 0 Å². The van der Waals surface area contributed by atoms with Crippen LogP contribution in [0.25, 0.3) is 0 Å². The largest absolute Gasteiger partial charge is 0.375 e. The van der Waals surface area contributed by atoms with E-state index in [0.29, 0.717) is 0 Å². The molecule has 0 spiro atoms. The minimum absolute atomic E-state index is 0.0314. The number of rotatable bonds is 1. The maximum atomic E-state index is 10.8. The summed E-state index contributed by atoms with van der Waals surface area (Å²) in [7, 11) is 0. The Kier molecular flexibility index (Phi) is 4.28. The number of hydrazine groups is 1. The summed E-state index contributed by atoms with van der Waals surface area (Å²) in [6, 6.07) is -0.268. The molecule has 0 bridgehead atoms. The number of urea groups is 1. The van der Waals surface area contributed by atoms with Gasteiger partial charge in [-0.2, -0.15) is 0 Å². The minimum atomic E-state index is -0.354. The lowest BCUT2D eigenvalue weighted by atomic mass is 10.4. The first-order valence-corrected chi connectivity index (χ1v) is 3.55. The van der Waals surface area contributed by atoms with Gasteiger partial charge in [0.2, 0.25) is 0 Å². The number of carbonyl (C=O) groups excluding carboxylic acids is 1. The van der Waals surface area contributed by atoms with E-state index in [9.17, 15) is 4.79 Å². The highest BCUT2D eigenvalue weighted by Crippen LogP contribution is 1.73. The maximum Gasteiger partial charge on any atom is 0.333 e. The van der Waals surface area contributed by atoms with Gasteiger partial charge < -0.3 is 11.1 Å². The van der Waals surface area contributed by atoms with Gasteiger partial charge in [0.15, 0.2) is 5.11 Å². The normalized spacial score (nSPS) is 9.00. The van der Waals surface area contributed by atoms with E-state index in [1.807, 2.05) is 13.8 Å². The molecule has 5 N–H and O–H groups in total. The van der Waals surface area contributed by atoms with Crippen molar-refractivity contribution in [1.82, 2.24) is 16.2 Å². The average Bonchev–Trinajstić information content (AvgIpc) is 1.82. The third-order valence-electron chi connectivity index (χ3n) is 0.719. The second-order valence-electron chi connectivity index (χ2n) is 2.24. The Labute approximate surface area is 70.7 Å². The van der Waals surface area contributed by atoms with E-state index < -0.39 is 0 Å². The second kappa shape index (κ2) is 4.73. The number of nitrogens with one attached hydrogen (secondary N) is 3. The zero-order valence-electron chi connectivity index (χ0n) is 6.47. The lowest BCUT2D eigenvalue weighted by Gasteiger charge is -2.10. The summed E-state index contributed by atoms with van der Waals surface area (Å²) in [6.07, 6.45) is 0. The Morgan fingerprint density at radius 3 is 2.36 bits per heavy atom. The van der Waals surface area contributed by atoms with Gasteiger partial charge in [-0.25, -0.2) is 10.2 Å². The third kappa shape index (κ3) is 6.85. The molecule has 0 unspecified atom stereocenters. The molecule has 0 aliphatic carbocycles. The van der Waals surface area contributed by atoms with Crippen molar-refractivity contribution in [3.8, 4) is 0 Å². The standard InChI is InChI=1S/C5H12N4OS/c1-3(2)7-5(10)9-8-4(6)11/h3H,1-2H3,(H3,6,8,11)(H2,7,9,10). The van der Waals surface area contributed by atoms with Gasteiger partial charge in [0, 0.05) is 6.04 Å². The summed E-state index contributed by atoms with van der Waals surface area (Å²) < 4.78 is 0. The van der Waals surface area contributed by atoms with Gasteiger partial charge in [-0.05, 0) is 26.1 Å². The first kappa shape index (κ1) is 9.96. The molecule has 0 aromatic carbocycles. The van der Waals surface area contributed by atoms with E-state index in [-0.39, 0.29) is 17.2 Å². The Hall–Kier alpha value is -1.04. The molecule has 0 atom stereocenters. The summed E-state index contributed by atoms with van der Waals surface area (Å²) in [5, 5.41) is 2.60. The van der Waals surface area contributed by atoms with Crippen LogP contribution >= 0.6 is 12.2 Å². The van der Waals surface area contributed by atoms with E-state index in [1.165, 1.54) is 0 Å². The number of thiocarbonyl (C=S) groups is 1. The van der Waals surface area contributed by atoms with Gasteiger partial charge in [-0.1, -0.05) is 0 Å². The smallest absolute Gasteiger partial charge is 0.333 e. The van der Waals surface area contributed by atoms with Crippen LogP contribution in [-0.4, -0.2) is 17.2 Å². The Bertz CT molecular complexity index is 159. The molecule has 5 nitrogen and oxygen atoms in total. The van der Waals surface area contributed by atoms with Crippen LogP contribution in [0.1, 0.15) is 13.8 Å². The van der Waals surface area contributed by atoms with Crippen LogP contribution in [0.15, 0.2) is 0 Å². The quantitative estimate of drug-likeness (QED) is 0.319. The Morgan fingerprint density at radius 1 is 1.45 bits per heavy atom. The van der Waals surface area contributed by atoms with Crippen LogP contribution in [0.3, 0.4) is 0 Å². The number of amides is 2. The molecule has 0 aromatic heterocycles. The van der Waals surface area contributed by atoms with Gasteiger partial charge in [0.1, 0.15) is 0 Å². The molecule has 0 rings (SSSR count). The molecule has 0 aliphatic heterocycles. The Morgan fingerprint density at radius 2 is 2.00 bits per heavy atom. The lowest BCUT2D eigenvalue weighted by Crippen LogP contribution is -2.50.